The molecular weight excluding hydrogens is 318 g/mol. The minimum atomic E-state index is 0.590. The molecule has 1 aliphatic rings. The van der Waals surface area contributed by atoms with Gasteiger partial charge in [0.1, 0.15) is 13.2 Å². The van der Waals surface area contributed by atoms with Gasteiger partial charge in [0.05, 0.1) is 13.7 Å². The van der Waals surface area contributed by atoms with E-state index >= 15 is 0 Å². The van der Waals surface area contributed by atoms with Gasteiger partial charge in [-0.2, -0.15) is 0 Å². The highest BCUT2D eigenvalue weighted by Gasteiger charge is 2.12. The van der Waals surface area contributed by atoms with E-state index in [1.165, 1.54) is 0 Å². The van der Waals surface area contributed by atoms with Crippen LogP contribution in [-0.4, -0.2) is 26.9 Å². The molecule has 0 unspecified atom stereocenters. The number of unbranched alkanes of at least 4 members (excludes halogenated alkanes) is 1. The van der Waals surface area contributed by atoms with Gasteiger partial charge in [-0.05, 0) is 36.2 Å². The average Bonchev–Trinajstić information content (AvgIpc) is 2.67. The minimum absolute atomic E-state index is 0.590. The van der Waals surface area contributed by atoms with Gasteiger partial charge in [0.2, 0.25) is 0 Å². The molecule has 0 atom stereocenters. The predicted octanol–water partition coefficient (Wildman–Crippen LogP) is 4.26. The fraction of sp³-hybridized carbons (Fsp3) is 0.400. The van der Waals surface area contributed by atoms with E-state index in [-0.39, 0.29) is 0 Å². The van der Waals surface area contributed by atoms with Crippen LogP contribution in [0.1, 0.15) is 25.3 Å². The van der Waals surface area contributed by atoms with E-state index in [9.17, 15) is 0 Å². The number of rotatable bonds is 8. The summed E-state index contributed by atoms with van der Waals surface area (Å²) in [5.74, 6) is 3.14. The van der Waals surface area contributed by atoms with Crippen LogP contribution in [0.25, 0.3) is 0 Å². The van der Waals surface area contributed by atoms with Crippen LogP contribution in [0.2, 0.25) is 0 Å². The molecule has 0 saturated heterocycles. The van der Waals surface area contributed by atoms with Crippen LogP contribution in [0, 0.1) is 0 Å². The summed E-state index contributed by atoms with van der Waals surface area (Å²) in [7, 11) is 1.67. The lowest BCUT2D eigenvalue weighted by atomic mass is 10.2. The van der Waals surface area contributed by atoms with E-state index in [1.54, 1.807) is 7.11 Å². The first-order valence-electron chi connectivity index (χ1n) is 8.73. The topological polar surface area (TPSA) is 49.0 Å². The third kappa shape index (κ3) is 4.50. The largest absolute Gasteiger partial charge is 0.493 e. The van der Waals surface area contributed by atoms with Crippen molar-refractivity contribution >= 4 is 5.69 Å². The van der Waals surface area contributed by atoms with Gasteiger partial charge in [0, 0.05) is 18.3 Å². The van der Waals surface area contributed by atoms with Crippen molar-refractivity contribution < 1.29 is 18.9 Å². The smallest absolute Gasteiger partial charge is 0.163 e. The van der Waals surface area contributed by atoms with Crippen LogP contribution in [0.3, 0.4) is 0 Å². The van der Waals surface area contributed by atoms with Crippen molar-refractivity contribution in [3.05, 3.63) is 42.0 Å². The van der Waals surface area contributed by atoms with Crippen molar-refractivity contribution in [3.8, 4) is 23.0 Å². The number of benzene rings is 2. The second-order valence-corrected chi connectivity index (χ2v) is 5.90. The normalized spacial score (nSPS) is 12.6. The maximum atomic E-state index is 5.77. The van der Waals surface area contributed by atoms with Gasteiger partial charge in [0.15, 0.2) is 23.0 Å². The van der Waals surface area contributed by atoms with Crippen LogP contribution in [0.15, 0.2) is 36.4 Å². The lowest BCUT2D eigenvalue weighted by Gasteiger charge is -2.19. The Balaban J connectivity index is 1.62. The Bertz CT molecular complexity index is 702. The summed E-state index contributed by atoms with van der Waals surface area (Å²) in [6, 6.07) is 11.9. The molecule has 0 aliphatic carbocycles. The molecule has 1 N–H and O–H groups in total. The first kappa shape index (κ1) is 17.3. The van der Waals surface area contributed by atoms with E-state index in [2.05, 4.69) is 18.3 Å². The first-order valence-corrected chi connectivity index (χ1v) is 8.73. The van der Waals surface area contributed by atoms with Gasteiger partial charge >= 0.3 is 0 Å². The molecule has 2 aromatic carbocycles. The fourth-order valence-electron chi connectivity index (χ4n) is 2.63. The summed E-state index contributed by atoms with van der Waals surface area (Å²) in [5, 5.41) is 3.40. The molecular formula is C20H25NO4. The Kier molecular flexibility index (Phi) is 5.88. The first-order chi connectivity index (χ1) is 12.3. The van der Waals surface area contributed by atoms with Crippen molar-refractivity contribution in [1.82, 2.24) is 0 Å². The third-order valence-corrected chi connectivity index (χ3v) is 4.02. The lowest BCUT2D eigenvalue weighted by molar-refractivity contribution is 0.171. The van der Waals surface area contributed by atoms with Gasteiger partial charge in [-0.3, -0.25) is 0 Å². The lowest BCUT2D eigenvalue weighted by Crippen LogP contribution is -2.15. The third-order valence-electron chi connectivity index (χ3n) is 4.02. The molecule has 5 nitrogen and oxygen atoms in total. The number of hydrogen-bond acceptors (Lipinski definition) is 5. The zero-order chi connectivity index (χ0) is 17.5. The van der Waals surface area contributed by atoms with Crippen LogP contribution < -0.4 is 24.3 Å². The number of hydrogen-bond donors (Lipinski definition) is 1. The Labute approximate surface area is 148 Å². The molecule has 3 rings (SSSR count). The van der Waals surface area contributed by atoms with Crippen LogP contribution in [0.4, 0.5) is 5.69 Å². The highest BCUT2D eigenvalue weighted by atomic mass is 16.6. The zero-order valence-corrected chi connectivity index (χ0v) is 14.8. The molecule has 0 fully saturated rings. The van der Waals surface area contributed by atoms with Crippen LogP contribution in [-0.2, 0) is 6.54 Å². The van der Waals surface area contributed by atoms with E-state index in [4.69, 9.17) is 18.9 Å². The maximum absolute atomic E-state index is 5.77. The molecule has 0 aromatic heterocycles. The molecule has 25 heavy (non-hydrogen) atoms. The highest BCUT2D eigenvalue weighted by molar-refractivity contribution is 5.55. The second kappa shape index (κ2) is 8.51. The maximum Gasteiger partial charge on any atom is 0.163 e. The molecule has 0 radical (unpaired) electrons. The van der Waals surface area contributed by atoms with Gasteiger partial charge in [0.25, 0.3) is 0 Å². The van der Waals surface area contributed by atoms with Crippen molar-refractivity contribution in [2.45, 2.75) is 26.3 Å². The monoisotopic (exact) mass is 343 g/mol. The molecule has 5 heteroatoms. The Morgan fingerprint density at radius 3 is 2.64 bits per heavy atom. The fourth-order valence-corrected chi connectivity index (χ4v) is 2.63. The second-order valence-electron chi connectivity index (χ2n) is 5.90. The van der Waals surface area contributed by atoms with Crippen molar-refractivity contribution in [2.24, 2.45) is 0 Å². The predicted molar refractivity (Wildman–Crippen MR) is 98.2 cm³/mol. The summed E-state index contributed by atoms with van der Waals surface area (Å²) in [4.78, 5) is 0. The summed E-state index contributed by atoms with van der Waals surface area (Å²) < 4.78 is 22.4. The Morgan fingerprint density at radius 1 is 1.00 bits per heavy atom. The number of anilines is 1. The van der Waals surface area contributed by atoms with Gasteiger partial charge in [-0.1, -0.05) is 19.4 Å². The Hall–Kier alpha value is -2.56. The summed E-state index contributed by atoms with van der Waals surface area (Å²) in [6.07, 6.45) is 2.15. The minimum Gasteiger partial charge on any atom is -0.493 e. The van der Waals surface area contributed by atoms with Crippen molar-refractivity contribution in [2.75, 3.05) is 32.2 Å². The summed E-state index contributed by atoms with van der Waals surface area (Å²) >= 11 is 0. The van der Waals surface area contributed by atoms with Crippen molar-refractivity contribution in [3.63, 3.8) is 0 Å². The highest BCUT2D eigenvalue weighted by Crippen LogP contribution is 2.33. The van der Waals surface area contributed by atoms with Gasteiger partial charge in [-0.25, -0.2) is 0 Å². The number of ether oxygens (including phenoxy) is 4. The number of methoxy groups -OCH3 is 1. The Morgan fingerprint density at radius 2 is 1.84 bits per heavy atom. The standard InChI is InChI=1S/C20H25NO4/c1-3-4-9-23-17-7-5-15(12-19(17)22-2)14-21-16-6-8-18-20(13-16)25-11-10-24-18/h5-8,12-13,21H,3-4,9-11,14H2,1-2H3. The molecule has 0 saturated carbocycles. The molecule has 0 spiro atoms. The van der Waals surface area contributed by atoms with Crippen LogP contribution >= 0.6 is 0 Å². The molecule has 0 bridgehead atoms. The van der Waals surface area contributed by atoms with E-state index in [0.29, 0.717) is 26.4 Å². The molecule has 2 aromatic rings. The quantitative estimate of drug-likeness (QED) is 0.726. The SMILES string of the molecule is CCCCOc1ccc(CNc2ccc3c(c2)OCCO3)cc1OC. The van der Waals surface area contributed by atoms with E-state index < -0.39 is 0 Å². The van der Waals surface area contributed by atoms with E-state index in [1.807, 2.05) is 30.3 Å². The molecule has 0 amide bonds. The number of nitrogens with one attached hydrogen (secondary N) is 1. The summed E-state index contributed by atoms with van der Waals surface area (Å²) in [6.45, 7) is 4.74. The summed E-state index contributed by atoms with van der Waals surface area (Å²) in [5.41, 5.74) is 2.11. The van der Waals surface area contributed by atoms with Gasteiger partial charge < -0.3 is 24.3 Å². The van der Waals surface area contributed by atoms with Gasteiger partial charge in [-0.15, -0.1) is 0 Å². The van der Waals surface area contributed by atoms with Crippen LogP contribution in [0.5, 0.6) is 23.0 Å². The molecule has 1 heterocycles. The zero-order valence-electron chi connectivity index (χ0n) is 14.8. The average molecular weight is 343 g/mol. The van der Waals surface area contributed by atoms with E-state index in [0.717, 1.165) is 47.1 Å². The molecule has 134 valence electrons. The van der Waals surface area contributed by atoms with Crippen molar-refractivity contribution in [1.29, 1.82) is 0 Å². The number of fused-ring (bicyclic) bond motifs is 1. The molecule has 1 aliphatic heterocycles.